The third-order valence-electron chi connectivity index (χ3n) is 3.89. The first-order valence-electron chi connectivity index (χ1n) is 7.33. The van der Waals surface area contributed by atoms with Crippen molar-refractivity contribution < 1.29 is 19.1 Å². The Bertz CT molecular complexity index is 560. The Hall–Kier alpha value is -2.30. The third kappa shape index (κ3) is 3.87. The fourth-order valence-electron chi connectivity index (χ4n) is 2.57. The van der Waals surface area contributed by atoms with Gasteiger partial charge in [-0.15, -0.1) is 0 Å². The largest absolute Gasteiger partial charge is 0.496 e. The Morgan fingerprint density at radius 2 is 1.86 bits per heavy atom. The molecule has 0 N–H and O–H groups in total. The highest BCUT2D eigenvalue weighted by Gasteiger charge is 2.26. The Labute approximate surface area is 130 Å². The number of methoxy groups -OCH3 is 2. The summed E-state index contributed by atoms with van der Waals surface area (Å²) < 4.78 is 9.99. The van der Waals surface area contributed by atoms with Gasteiger partial charge in [0.2, 0.25) is 5.91 Å². The van der Waals surface area contributed by atoms with Crippen molar-refractivity contribution in [2.24, 2.45) is 5.92 Å². The van der Waals surface area contributed by atoms with Gasteiger partial charge in [-0.2, -0.15) is 0 Å². The van der Waals surface area contributed by atoms with Gasteiger partial charge in [0.05, 0.1) is 20.1 Å². The zero-order valence-electron chi connectivity index (χ0n) is 13.0. The molecule has 1 aliphatic rings. The molecule has 0 radical (unpaired) electrons. The Kier molecular flexibility index (Phi) is 5.58. The van der Waals surface area contributed by atoms with Gasteiger partial charge in [-0.3, -0.25) is 9.59 Å². The number of benzene rings is 1. The van der Waals surface area contributed by atoms with Crippen molar-refractivity contribution in [3.05, 3.63) is 35.9 Å². The summed E-state index contributed by atoms with van der Waals surface area (Å²) in [6.07, 6.45) is 4.62. The summed E-state index contributed by atoms with van der Waals surface area (Å²) in [5.74, 6) is 0.411. The number of ether oxygens (including phenoxy) is 2. The number of amides is 1. The van der Waals surface area contributed by atoms with Crippen LogP contribution in [0.1, 0.15) is 18.4 Å². The summed E-state index contributed by atoms with van der Waals surface area (Å²) in [4.78, 5) is 25.4. The number of nitrogens with zero attached hydrogens (tertiary/aromatic N) is 1. The minimum absolute atomic E-state index is 0.0470. The second kappa shape index (κ2) is 7.64. The standard InChI is InChI=1S/C17H21NO4/c1-21-15-6-4-3-5-13(15)7-8-16(19)18-11-9-14(10-12-18)17(20)22-2/h3-8,14H,9-12H2,1-2H3/b8-7+. The van der Waals surface area contributed by atoms with E-state index in [1.54, 1.807) is 24.2 Å². The minimum Gasteiger partial charge on any atom is -0.496 e. The van der Waals surface area contributed by atoms with Crippen LogP contribution < -0.4 is 4.74 Å². The molecule has 118 valence electrons. The van der Waals surface area contributed by atoms with Crippen molar-refractivity contribution in [1.82, 2.24) is 4.90 Å². The Morgan fingerprint density at radius 1 is 1.18 bits per heavy atom. The van der Waals surface area contributed by atoms with E-state index in [9.17, 15) is 9.59 Å². The molecule has 0 saturated carbocycles. The van der Waals surface area contributed by atoms with Gasteiger partial charge in [-0.05, 0) is 25.0 Å². The lowest BCUT2D eigenvalue weighted by Gasteiger charge is -2.29. The third-order valence-corrected chi connectivity index (χ3v) is 3.89. The smallest absolute Gasteiger partial charge is 0.308 e. The van der Waals surface area contributed by atoms with Crippen LogP contribution in [0.3, 0.4) is 0 Å². The van der Waals surface area contributed by atoms with Crippen LogP contribution in [0.25, 0.3) is 6.08 Å². The maximum atomic E-state index is 12.2. The van der Waals surface area contributed by atoms with Crippen molar-refractivity contribution >= 4 is 18.0 Å². The first-order valence-corrected chi connectivity index (χ1v) is 7.33. The van der Waals surface area contributed by atoms with Crippen molar-refractivity contribution in [3.8, 4) is 5.75 Å². The molecule has 5 nitrogen and oxygen atoms in total. The topological polar surface area (TPSA) is 55.8 Å². The van der Waals surface area contributed by atoms with Crippen molar-refractivity contribution in [2.45, 2.75) is 12.8 Å². The molecule has 2 rings (SSSR count). The van der Waals surface area contributed by atoms with Crippen LogP contribution in [0.5, 0.6) is 5.75 Å². The molecular weight excluding hydrogens is 282 g/mol. The number of piperidine rings is 1. The molecule has 1 aromatic carbocycles. The molecule has 1 saturated heterocycles. The lowest BCUT2D eigenvalue weighted by Crippen LogP contribution is -2.39. The molecule has 5 heteroatoms. The van der Waals surface area contributed by atoms with E-state index < -0.39 is 0 Å². The predicted molar refractivity (Wildman–Crippen MR) is 83.3 cm³/mol. The average molecular weight is 303 g/mol. The molecule has 1 fully saturated rings. The van der Waals surface area contributed by atoms with Crippen molar-refractivity contribution in [2.75, 3.05) is 27.3 Å². The minimum atomic E-state index is -0.184. The highest BCUT2D eigenvalue weighted by molar-refractivity contribution is 5.92. The highest BCUT2D eigenvalue weighted by Crippen LogP contribution is 2.21. The molecule has 0 unspecified atom stereocenters. The number of carbonyl (C=O) groups is 2. The predicted octanol–water partition coefficient (Wildman–Crippen LogP) is 2.12. The Balaban J connectivity index is 1.93. The van der Waals surface area contributed by atoms with Gasteiger partial charge in [-0.1, -0.05) is 18.2 Å². The van der Waals surface area contributed by atoms with E-state index in [0.717, 1.165) is 11.3 Å². The van der Waals surface area contributed by atoms with Crippen molar-refractivity contribution in [1.29, 1.82) is 0 Å². The van der Waals surface area contributed by atoms with Gasteiger partial charge in [0, 0.05) is 24.7 Å². The van der Waals surface area contributed by atoms with Gasteiger partial charge in [0.25, 0.3) is 0 Å². The van der Waals surface area contributed by atoms with Crippen LogP contribution in [0.2, 0.25) is 0 Å². The maximum Gasteiger partial charge on any atom is 0.308 e. The fraction of sp³-hybridized carbons (Fsp3) is 0.412. The van der Waals surface area contributed by atoms with E-state index in [1.807, 2.05) is 24.3 Å². The highest BCUT2D eigenvalue weighted by atomic mass is 16.5. The number of esters is 1. The van der Waals surface area contributed by atoms with E-state index in [4.69, 9.17) is 9.47 Å². The second-order valence-electron chi connectivity index (χ2n) is 5.20. The van der Waals surface area contributed by atoms with Gasteiger partial charge < -0.3 is 14.4 Å². The summed E-state index contributed by atoms with van der Waals surface area (Å²) in [6.45, 7) is 1.16. The number of hydrogen-bond donors (Lipinski definition) is 0. The van der Waals surface area contributed by atoms with Gasteiger partial charge in [0.1, 0.15) is 5.75 Å². The van der Waals surface area contributed by atoms with Crippen LogP contribution in [0, 0.1) is 5.92 Å². The molecule has 1 amide bonds. The number of para-hydroxylation sites is 1. The SMILES string of the molecule is COC(=O)C1CCN(C(=O)/C=C/c2ccccc2OC)CC1. The van der Waals surface area contributed by atoms with Crippen LogP contribution in [0.15, 0.2) is 30.3 Å². The lowest BCUT2D eigenvalue weighted by atomic mass is 9.97. The quantitative estimate of drug-likeness (QED) is 0.631. The fourth-order valence-corrected chi connectivity index (χ4v) is 2.57. The van der Waals surface area contributed by atoms with E-state index >= 15 is 0 Å². The van der Waals surface area contributed by atoms with Crippen LogP contribution >= 0.6 is 0 Å². The van der Waals surface area contributed by atoms with Crippen molar-refractivity contribution in [3.63, 3.8) is 0 Å². The summed E-state index contributed by atoms with van der Waals surface area (Å²) in [7, 11) is 3.00. The number of carbonyl (C=O) groups excluding carboxylic acids is 2. The molecule has 0 aliphatic carbocycles. The number of hydrogen-bond acceptors (Lipinski definition) is 4. The molecule has 0 spiro atoms. The molecule has 0 atom stereocenters. The second-order valence-corrected chi connectivity index (χ2v) is 5.20. The molecular formula is C17H21NO4. The van der Waals surface area contributed by atoms with Crippen LogP contribution in [-0.4, -0.2) is 44.1 Å². The molecule has 0 aromatic heterocycles. The lowest BCUT2D eigenvalue weighted by molar-refractivity contribution is -0.148. The average Bonchev–Trinajstić information content (AvgIpc) is 2.59. The van der Waals surface area contributed by atoms with Crippen LogP contribution in [-0.2, 0) is 14.3 Å². The van der Waals surface area contributed by atoms with Gasteiger partial charge in [-0.25, -0.2) is 0 Å². The van der Waals surface area contributed by atoms with Gasteiger partial charge in [0.15, 0.2) is 0 Å². The first kappa shape index (κ1) is 16.1. The maximum absolute atomic E-state index is 12.2. The van der Waals surface area contributed by atoms with E-state index in [-0.39, 0.29) is 17.8 Å². The monoisotopic (exact) mass is 303 g/mol. The Morgan fingerprint density at radius 3 is 2.50 bits per heavy atom. The summed E-state index contributed by atoms with van der Waals surface area (Å²) in [5, 5.41) is 0. The zero-order chi connectivity index (χ0) is 15.9. The van der Waals surface area contributed by atoms with Gasteiger partial charge >= 0.3 is 5.97 Å². The summed E-state index contributed by atoms with van der Waals surface area (Å²) >= 11 is 0. The molecule has 0 bridgehead atoms. The van der Waals surface area contributed by atoms with E-state index in [0.29, 0.717) is 25.9 Å². The zero-order valence-corrected chi connectivity index (χ0v) is 13.0. The first-order chi connectivity index (χ1) is 10.7. The molecule has 1 aliphatic heterocycles. The molecule has 1 heterocycles. The molecule has 1 aromatic rings. The summed E-state index contributed by atoms with van der Waals surface area (Å²) in [5.41, 5.74) is 0.864. The molecule has 22 heavy (non-hydrogen) atoms. The summed E-state index contributed by atoms with van der Waals surface area (Å²) in [6, 6.07) is 7.53. The number of rotatable bonds is 4. The normalized spacial score (nSPS) is 15.8. The van der Waals surface area contributed by atoms with Crippen LogP contribution in [0.4, 0.5) is 0 Å². The van der Waals surface area contributed by atoms with E-state index in [2.05, 4.69) is 0 Å². The number of likely N-dealkylation sites (tertiary alicyclic amines) is 1. The van der Waals surface area contributed by atoms with E-state index in [1.165, 1.54) is 7.11 Å².